The minimum Gasteiger partial charge on any atom is -0.383 e. The molecular weight excluding hydrogens is 276 g/mol. The lowest BCUT2D eigenvalue weighted by molar-refractivity contribution is 0.129. The summed E-state index contributed by atoms with van der Waals surface area (Å²) in [5, 5.41) is 9.22. The Morgan fingerprint density at radius 1 is 1.35 bits per heavy atom. The van der Waals surface area contributed by atoms with Crippen molar-refractivity contribution in [3.05, 3.63) is 29.2 Å². The zero-order valence-electron chi connectivity index (χ0n) is 11.6. The van der Waals surface area contributed by atoms with Crippen LogP contribution in [0.15, 0.2) is 18.3 Å². The van der Waals surface area contributed by atoms with Gasteiger partial charge in [-0.1, -0.05) is 11.6 Å². The topological polar surface area (TPSA) is 42.7 Å². The molecule has 1 fully saturated rings. The first-order chi connectivity index (χ1) is 9.79. The van der Waals surface area contributed by atoms with Gasteiger partial charge in [-0.05, 0) is 38.1 Å². The van der Waals surface area contributed by atoms with Gasteiger partial charge in [0.2, 0.25) is 0 Å². The number of pyridine rings is 1. The molecule has 3 rings (SSSR count). The molecule has 1 saturated heterocycles. The number of rotatable bonds is 4. The van der Waals surface area contributed by atoms with Crippen molar-refractivity contribution in [1.29, 1.82) is 0 Å². The first kappa shape index (κ1) is 13.8. The second kappa shape index (κ2) is 6.08. The van der Waals surface area contributed by atoms with Crippen molar-refractivity contribution in [2.24, 2.45) is 0 Å². The maximum Gasteiger partial charge on any atom is 0.179 e. The molecule has 6 heteroatoms. The van der Waals surface area contributed by atoms with Crippen LogP contribution in [0.4, 0.5) is 0 Å². The van der Waals surface area contributed by atoms with Gasteiger partial charge in [0.05, 0.1) is 11.6 Å². The molecule has 0 spiro atoms. The Labute approximate surface area is 123 Å². The van der Waals surface area contributed by atoms with Crippen LogP contribution in [-0.4, -0.2) is 52.8 Å². The fourth-order valence-electron chi connectivity index (χ4n) is 2.81. The van der Waals surface area contributed by atoms with Gasteiger partial charge in [-0.15, -0.1) is 10.2 Å². The van der Waals surface area contributed by atoms with E-state index in [1.807, 2.05) is 22.7 Å². The number of halogens is 1. The average molecular weight is 295 g/mol. The van der Waals surface area contributed by atoms with Crippen LogP contribution in [-0.2, 0) is 4.74 Å². The van der Waals surface area contributed by atoms with Crippen LogP contribution in [0.2, 0.25) is 5.02 Å². The van der Waals surface area contributed by atoms with Crippen molar-refractivity contribution in [3.63, 3.8) is 0 Å². The molecule has 20 heavy (non-hydrogen) atoms. The number of likely N-dealkylation sites (tertiary alicyclic amines) is 1. The molecule has 0 N–H and O–H groups in total. The van der Waals surface area contributed by atoms with E-state index >= 15 is 0 Å². The van der Waals surface area contributed by atoms with Gasteiger partial charge in [0.15, 0.2) is 5.65 Å². The minimum atomic E-state index is 0.460. The van der Waals surface area contributed by atoms with E-state index in [2.05, 4.69) is 15.1 Å². The van der Waals surface area contributed by atoms with Crippen molar-refractivity contribution in [2.45, 2.75) is 18.8 Å². The van der Waals surface area contributed by atoms with Crippen LogP contribution >= 0.6 is 11.6 Å². The molecule has 5 nitrogen and oxygen atoms in total. The van der Waals surface area contributed by atoms with E-state index in [9.17, 15) is 0 Å². The molecule has 0 atom stereocenters. The smallest absolute Gasteiger partial charge is 0.179 e. The molecule has 2 aromatic heterocycles. The number of nitrogens with zero attached hydrogens (tertiary/aromatic N) is 4. The van der Waals surface area contributed by atoms with Gasteiger partial charge in [0.25, 0.3) is 0 Å². The first-order valence-electron chi connectivity index (χ1n) is 7.00. The fourth-order valence-corrected chi connectivity index (χ4v) is 3.02. The number of ether oxygens (including phenoxy) is 1. The van der Waals surface area contributed by atoms with Gasteiger partial charge in [0.1, 0.15) is 5.82 Å². The summed E-state index contributed by atoms with van der Waals surface area (Å²) in [5.74, 6) is 1.50. The molecule has 0 bridgehead atoms. The van der Waals surface area contributed by atoms with Gasteiger partial charge in [0, 0.05) is 25.8 Å². The summed E-state index contributed by atoms with van der Waals surface area (Å²) in [4.78, 5) is 2.44. The summed E-state index contributed by atoms with van der Waals surface area (Å²) in [6, 6.07) is 3.79. The third-order valence-corrected chi connectivity index (χ3v) is 4.27. The molecule has 0 radical (unpaired) electrons. The van der Waals surface area contributed by atoms with Crippen molar-refractivity contribution in [1.82, 2.24) is 19.5 Å². The predicted molar refractivity (Wildman–Crippen MR) is 78.3 cm³/mol. The van der Waals surface area contributed by atoms with E-state index in [4.69, 9.17) is 16.3 Å². The second-order valence-corrected chi connectivity index (χ2v) is 5.62. The van der Waals surface area contributed by atoms with Crippen LogP contribution in [0.25, 0.3) is 5.65 Å². The molecule has 0 aliphatic carbocycles. The van der Waals surface area contributed by atoms with Gasteiger partial charge in [-0.25, -0.2) is 0 Å². The molecular formula is C14H19ClN4O. The molecule has 0 saturated carbocycles. The maximum atomic E-state index is 6.14. The Hall–Kier alpha value is -1.17. The van der Waals surface area contributed by atoms with Crippen LogP contribution in [0.5, 0.6) is 0 Å². The Morgan fingerprint density at radius 3 is 2.90 bits per heavy atom. The highest BCUT2D eigenvalue weighted by atomic mass is 35.5. The average Bonchev–Trinajstić information content (AvgIpc) is 2.91. The quantitative estimate of drug-likeness (QED) is 0.867. The molecule has 0 amide bonds. The number of piperidine rings is 1. The lowest BCUT2D eigenvalue weighted by Crippen LogP contribution is -2.35. The standard InChI is InChI=1S/C14H19ClN4O/c1-20-10-9-18-7-4-11(5-8-18)13-16-17-14-12(15)3-2-6-19(13)14/h2-3,6,11H,4-5,7-10H2,1H3. The summed E-state index contributed by atoms with van der Waals surface area (Å²) in [7, 11) is 1.75. The van der Waals surface area contributed by atoms with Gasteiger partial charge in [-0.3, -0.25) is 4.40 Å². The number of methoxy groups -OCH3 is 1. The minimum absolute atomic E-state index is 0.460. The third-order valence-electron chi connectivity index (χ3n) is 3.98. The fraction of sp³-hybridized carbons (Fsp3) is 0.571. The summed E-state index contributed by atoms with van der Waals surface area (Å²) in [5.41, 5.74) is 0.756. The maximum absolute atomic E-state index is 6.14. The van der Waals surface area contributed by atoms with E-state index in [-0.39, 0.29) is 0 Å². The molecule has 0 unspecified atom stereocenters. The van der Waals surface area contributed by atoms with Gasteiger partial charge < -0.3 is 9.64 Å². The normalized spacial score (nSPS) is 17.9. The molecule has 0 aromatic carbocycles. The summed E-state index contributed by atoms with van der Waals surface area (Å²) >= 11 is 6.14. The zero-order valence-corrected chi connectivity index (χ0v) is 12.4. The van der Waals surface area contributed by atoms with Crippen LogP contribution in [0, 0.1) is 0 Å². The second-order valence-electron chi connectivity index (χ2n) is 5.22. The Balaban J connectivity index is 1.72. The van der Waals surface area contributed by atoms with Crippen LogP contribution in [0.1, 0.15) is 24.6 Å². The molecule has 1 aliphatic heterocycles. The summed E-state index contributed by atoms with van der Waals surface area (Å²) in [6.45, 7) is 3.98. The molecule has 2 aromatic rings. The van der Waals surface area contributed by atoms with E-state index in [1.165, 1.54) is 0 Å². The highest BCUT2D eigenvalue weighted by molar-refractivity contribution is 6.33. The van der Waals surface area contributed by atoms with Crippen molar-refractivity contribution in [2.75, 3.05) is 33.4 Å². The zero-order chi connectivity index (χ0) is 13.9. The molecule has 108 valence electrons. The highest BCUT2D eigenvalue weighted by Crippen LogP contribution is 2.28. The molecule has 1 aliphatic rings. The van der Waals surface area contributed by atoms with E-state index in [1.54, 1.807) is 7.11 Å². The number of aromatic nitrogens is 3. The SMILES string of the molecule is COCCN1CCC(c2nnc3c(Cl)cccn23)CC1. The number of hydrogen-bond donors (Lipinski definition) is 0. The van der Waals surface area contributed by atoms with Crippen LogP contribution < -0.4 is 0 Å². The van der Waals surface area contributed by atoms with Gasteiger partial charge in [-0.2, -0.15) is 0 Å². The number of hydrogen-bond acceptors (Lipinski definition) is 4. The monoisotopic (exact) mass is 294 g/mol. The van der Waals surface area contributed by atoms with E-state index < -0.39 is 0 Å². The van der Waals surface area contributed by atoms with Crippen molar-refractivity contribution in [3.8, 4) is 0 Å². The number of fused-ring (bicyclic) bond motifs is 1. The van der Waals surface area contributed by atoms with Crippen molar-refractivity contribution >= 4 is 17.2 Å². The van der Waals surface area contributed by atoms with E-state index in [0.717, 1.165) is 50.6 Å². The largest absolute Gasteiger partial charge is 0.383 e. The Kier molecular flexibility index (Phi) is 4.19. The Bertz CT molecular complexity index is 578. The third kappa shape index (κ3) is 2.66. The van der Waals surface area contributed by atoms with Crippen molar-refractivity contribution < 1.29 is 4.74 Å². The van der Waals surface area contributed by atoms with E-state index in [0.29, 0.717) is 10.9 Å². The molecule has 3 heterocycles. The Morgan fingerprint density at radius 2 is 2.15 bits per heavy atom. The first-order valence-corrected chi connectivity index (χ1v) is 7.38. The summed E-state index contributed by atoms with van der Waals surface area (Å²) < 4.78 is 7.16. The predicted octanol–water partition coefficient (Wildman–Crippen LogP) is 2.21. The lowest BCUT2D eigenvalue weighted by Gasteiger charge is -2.30. The highest BCUT2D eigenvalue weighted by Gasteiger charge is 2.24. The summed E-state index contributed by atoms with van der Waals surface area (Å²) in [6.07, 6.45) is 4.21. The van der Waals surface area contributed by atoms with Crippen LogP contribution in [0.3, 0.4) is 0 Å². The van der Waals surface area contributed by atoms with Gasteiger partial charge >= 0.3 is 0 Å². The lowest BCUT2D eigenvalue weighted by atomic mass is 9.96.